The number of methoxy groups -OCH3 is 1. The molecule has 1 fully saturated rings. The summed E-state index contributed by atoms with van der Waals surface area (Å²) in [6, 6.07) is 2.56. The molecule has 0 saturated carbocycles. The first kappa shape index (κ1) is 33.8. The van der Waals surface area contributed by atoms with Crippen molar-refractivity contribution in [1.82, 2.24) is 5.32 Å². The van der Waals surface area contributed by atoms with Gasteiger partial charge in [-0.05, 0) is 44.2 Å². The molecule has 2 rings (SSSR count). The van der Waals surface area contributed by atoms with Crippen molar-refractivity contribution in [3.8, 4) is 11.5 Å². The Kier molecular flexibility index (Phi) is 14.3. The second-order valence-electron chi connectivity index (χ2n) is 9.08. The highest BCUT2D eigenvalue weighted by molar-refractivity contribution is 5.68. The van der Waals surface area contributed by atoms with Crippen molar-refractivity contribution in [2.24, 2.45) is 5.11 Å². The Morgan fingerprint density at radius 2 is 1.93 bits per heavy atom. The Labute approximate surface area is 235 Å². The number of benzene rings is 1. The van der Waals surface area contributed by atoms with Gasteiger partial charge in [-0.2, -0.15) is 0 Å². The quantitative estimate of drug-likeness (QED) is 0.0434. The van der Waals surface area contributed by atoms with E-state index in [1.165, 1.54) is 26.2 Å². The predicted octanol–water partition coefficient (Wildman–Crippen LogP) is 1.46. The molecular formula is C24H37N5O12. The first-order chi connectivity index (χ1) is 19.6. The maximum absolute atomic E-state index is 12.3. The first-order valence-corrected chi connectivity index (χ1v) is 13.0. The molecule has 1 aromatic rings. The Hall–Kier alpha value is -3.44. The van der Waals surface area contributed by atoms with Crippen LogP contribution >= 0.6 is 0 Å². The molecule has 1 amide bonds. The Morgan fingerprint density at radius 3 is 2.59 bits per heavy atom. The molecule has 6 atom stereocenters. The van der Waals surface area contributed by atoms with Gasteiger partial charge in [0, 0.05) is 24.6 Å². The summed E-state index contributed by atoms with van der Waals surface area (Å²) < 4.78 is 26.8. The van der Waals surface area contributed by atoms with Crippen LogP contribution in [0.1, 0.15) is 44.3 Å². The summed E-state index contributed by atoms with van der Waals surface area (Å²) in [5, 5.41) is 56.4. The van der Waals surface area contributed by atoms with Crippen molar-refractivity contribution in [2.45, 2.75) is 69.4 Å². The average molecular weight is 588 g/mol. The van der Waals surface area contributed by atoms with Crippen LogP contribution in [-0.2, 0) is 14.2 Å². The molecule has 6 unspecified atom stereocenters. The molecular weight excluding hydrogens is 550 g/mol. The zero-order valence-electron chi connectivity index (χ0n) is 22.8. The van der Waals surface area contributed by atoms with Gasteiger partial charge in [0.25, 0.3) is 5.69 Å². The van der Waals surface area contributed by atoms with Crippen LogP contribution in [0.2, 0.25) is 0 Å². The lowest BCUT2D eigenvalue weighted by Crippen LogP contribution is -2.59. The van der Waals surface area contributed by atoms with Crippen LogP contribution in [-0.4, -0.2) is 102 Å². The SMILES string of the molecule is COc1cc([N+](=O)[O-])c(C(C)OC(=O)NCCCCCOC2OC(CO)C(O)C(O)C2O)cc1OCCCN=[N+]=[N-]. The largest absolute Gasteiger partial charge is 0.493 e. The molecule has 17 heteroatoms. The van der Waals surface area contributed by atoms with Gasteiger partial charge >= 0.3 is 6.09 Å². The van der Waals surface area contributed by atoms with Gasteiger partial charge in [0.05, 0.1) is 36.9 Å². The minimum Gasteiger partial charge on any atom is -0.493 e. The fraction of sp³-hybridized carbons (Fsp3) is 0.708. The van der Waals surface area contributed by atoms with Gasteiger partial charge in [0.1, 0.15) is 30.5 Å². The number of carbonyl (C=O) groups is 1. The van der Waals surface area contributed by atoms with Crippen molar-refractivity contribution in [2.75, 3.05) is 40.0 Å². The fourth-order valence-corrected chi connectivity index (χ4v) is 3.95. The van der Waals surface area contributed by atoms with E-state index in [4.69, 9.17) is 29.2 Å². The number of nitro groups is 1. The molecule has 230 valence electrons. The molecule has 1 aromatic carbocycles. The minimum atomic E-state index is -1.52. The lowest BCUT2D eigenvalue weighted by molar-refractivity contribution is -0.386. The van der Waals surface area contributed by atoms with E-state index in [2.05, 4.69) is 15.3 Å². The highest BCUT2D eigenvalue weighted by Gasteiger charge is 2.43. The van der Waals surface area contributed by atoms with E-state index in [9.17, 15) is 35.3 Å². The summed E-state index contributed by atoms with van der Waals surface area (Å²) >= 11 is 0. The van der Waals surface area contributed by atoms with Crippen LogP contribution in [0.4, 0.5) is 10.5 Å². The number of azide groups is 1. The number of unbranched alkanes of at least 4 members (excludes halogenated alkanes) is 2. The van der Waals surface area contributed by atoms with E-state index in [-0.39, 0.29) is 49.1 Å². The summed E-state index contributed by atoms with van der Waals surface area (Å²) in [5.74, 6) is 0.326. The van der Waals surface area contributed by atoms with Crippen molar-refractivity contribution in [3.63, 3.8) is 0 Å². The summed E-state index contributed by atoms with van der Waals surface area (Å²) in [6.07, 6.45) is -6.41. The van der Waals surface area contributed by atoms with Gasteiger partial charge in [-0.1, -0.05) is 5.11 Å². The second-order valence-corrected chi connectivity index (χ2v) is 9.08. The number of nitrogens with zero attached hydrogens (tertiary/aromatic N) is 4. The van der Waals surface area contributed by atoms with E-state index in [0.717, 1.165) is 0 Å². The zero-order valence-corrected chi connectivity index (χ0v) is 22.8. The lowest BCUT2D eigenvalue weighted by atomic mass is 9.99. The van der Waals surface area contributed by atoms with E-state index in [0.29, 0.717) is 25.7 Å². The number of hydrogen-bond donors (Lipinski definition) is 5. The first-order valence-electron chi connectivity index (χ1n) is 13.0. The third-order valence-electron chi connectivity index (χ3n) is 6.18. The molecule has 1 saturated heterocycles. The van der Waals surface area contributed by atoms with Crippen molar-refractivity contribution >= 4 is 11.8 Å². The highest BCUT2D eigenvalue weighted by Crippen LogP contribution is 2.38. The number of ether oxygens (including phenoxy) is 5. The number of aliphatic hydroxyl groups excluding tert-OH is 4. The van der Waals surface area contributed by atoms with E-state index < -0.39 is 54.4 Å². The Morgan fingerprint density at radius 1 is 1.17 bits per heavy atom. The molecule has 41 heavy (non-hydrogen) atoms. The number of nitrogens with one attached hydrogen (secondary N) is 1. The molecule has 0 aliphatic carbocycles. The third kappa shape index (κ3) is 10.2. The predicted molar refractivity (Wildman–Crippen MR) is 140 cm³/mol. The third-order valence-corrected chi connectivity index (χ3v) is 6.18. The van der Waals surface area contributed by atoms with Crippen molar-refractivity contribution in [1.29, 1.82) is 0 Å². The molecule has 5 N–H and O–H groups in total. The summed E-state index contributed by atoms with van der Waals surface area (Å²) in [5.41, 5.74) is 8.13. The van der Waals surface area contributed by atoms with Gasteiger partial charge < -0.3 is 49.4 Å². The number of aliphatic hydroxyl groups is 4. The second kappa shape index (κ2) is 17.4. The molecule has 1 aliphatic heterocycles. The topological polar surface area (TPSA) is 248 Å². The monoisotopic (exact) mass is 587 g/mol. The number of rotatable bonds is 17. The smallest absolute Gasteiger partial charge is 0.407 e. The molecule has 0 spiro atoms. The van der Waals surface area contributed by atoms with Crippen molar-refractivity contribution in [3.05, 3.63) is 38.3 Å². The van der Waals surface area contributed by atoms with Gasteiger partial charge in [0.15, 0.2) is 17.8 Å². The number of hydrogen-bond acceptors (Lipinski definition) is 13. The number of amides is 1. The van der Waals surface area contributed by atoms with E-state index in [1.54, 1.807) is 0 Å². The van der Waals surface area contributed by atoms with Crippen LogP contribution < -0.4 is 14.8 Å². The number of nitro benzene ring substituents is 1. The van der Waals surface area contributed by atoms with E-state index in [1.807, 2.05) is 0 Å². The molecule has 1 aliphatic rings. The summed E-state index contributed by atoms with van der Waals surface area (Å²) in [6.45, 7) is 1.71. The van der Waals surface area contributed by atoms with Gasteiger partial charge in [-0.15, -0.1) is 0 Å². The standard InChI is InChI=1S/C24H37N5O12/c1-14(15-11-18(38-10-6-8-27-28-25)17(37-2)12-16(15)29(35)36)40-24(34)26-7-4-3-5-9-39-23-22(33)21(32)20(31)19(13-30)41-23/h11-12,14,19-23,30-33H,3-10,13H2,1-2H3,(H,26,34). The molecule has 0 bridgehead atoms. The van der Waals surface area contributed by atoms with Gasteiger partial charge in [-0.3, -0.25) is 10.1 Å². The van der Waals surface area contributed by atoms with Crippen LogP contribution in [0.5, 0.6) is 11.5 Å². The van der Waals surface area contributed by atoms with Crippen LogP contribution in [0, 0.1) is 10.1 Å². The fourth-order valence-electron chi connectivity index (χ4n) is 3.95. The normalized spacial score (nSPS) is 22.7. The number of alkyl carbamates (subject to hydrolysis) is 1. The lowest BCUT2D eigenvalue weighted by Gasteiger charge is -2.39. The number of carbonyl (C=O) groups excluding carboxylic acids is 1. The summed E-state index contributed by atoms with van der Waals surface area (Å²) in [4.78, 5) is 26.0. The van der Waals surface area contributed by atoms with E-state index >= 15 is 0 Å². The Balaban J connectivity index is 1.80. The maximum Gasteiger partial charge on any atom is 0.407 e. The minimum absolute atomic E-state index is 0.0985. The molecule has 0 aromatic heterocycles. The molecule has 1 heterocycles. The average Bonchev–Trinajstić information content (AvgIpc) is 2.95. The molecule has 0 radical (unpaired) electrons. The van der Waals surface area contributed by atoms with Crippen LogP contribution in [0.15, 0.2) is 17.2 Å². The molecule has 17 nitrogen and oxygen atoms in total. The van der Waals surface area contributed by atoms with Crippen LogP contribution in [0.3, 0.4) is 0 Å². The zero-order chi connectivity index (χ0) is 30.4. The maximum atomic E-state index is 12.3. The Bertz CT molecular complexity index is 1040. The highest BCUT2D eigenvalue weighted by atomic mass is 16.7. The summed E-state index contributed by atoms with van der Waals surface area (Å²) in [7, 11) is 1.33. The van der Waals surface area contributed by atoms with Gasteiger partial charge in [-0.25, -0.2) is 4.79 Å². The van der Waals surface area contributed by atoms with Crippen molar-refractivity contribution < 1.29 is 53.8 Å². The van der Waals surface area contributed by atoms with Crippen LogP contribution in [0.25, 0.3) is 10.4 Å². The van der Waals surface area contributed by atoms with Gasteiger partial charge in [0.2, 0.25) is 0 Å².